The number of halogens is 1. The minimum atomic E-state index is -0.273. The van der Waals surface area contributed by atoms with Gasteiger partial charge in [0.2, 0.25) is 0 Å². The highest BCUT2D eigenvalue weighted by atomic mass is 35.5. The second-order valence-corrected chi connectivity index (χ2v) is 8.33. The van der Waals surface area contributed by atoms with Gasteiger partial charge in [0.25, 0.3) is 5.91 Å². The summed E-state index contributed by atoms with van der Waals surface area (Å²) in [5, 5.41) is 8.17. The summed E-state index contributed by atoms with van der Waals surface area (Å²) >= 11 is 6.44. The average molecular weight is 444 g/mol. The van der Waals surface area contributed by atoms with Gasteiger partial charge in [-0.2, -0.15) is 5.10 Å². The fourth-order valence-electron chi connectivity index (χ4n) is 4.23. The third kappa shape index (κ3) is 3.45. The van der Waals surface area contributed by atoms with Gasteiger partial charge in [-0.25, -0.2) is 0 Å². The van der Waals surface area contributed by atoms with Crippen LogP contribution >= 0.6 is 11.6 Å². The molecule has 0 saturated heterocycles. The maximum atomic E-state index is 13.5. The number of carbonyl (C=O) groups is 1. The van der Waals surface area contributed by atoms with Crippen molar-refractivity contribution < 1.29 is 9.53 Å². The van der Waals surface area contributed by atoms with Crippen LogP contribution in [0.5, 0.6) is 5.75 Å². The molecule has 0 bridgehead atoms. The molecule has 0 saturated carbocycles. The van der Waals surface area contributed by atoms with Crippen LogP contribution in [-0.4, -0.2) is 28.1 Å². The standard InChI is InChI=1S/C26H22ClN3O2/c1-16-7-9-18(10-8-16)25-22-23(17-11-13-20(32-2)14-12-17)28-29-24(22)26(31)30(25)15-19-5-3-4-6-21(19)27/h3-14,25H,15H2,1-2H3,(H,28,29). The van der Waals surface area contributed by atoms with Crippen LogP contribution in [0.15, 0.2) is 72.8 Å². The lowest BCUT2D eigenvalue weighted by atomic mass is 9.95. The molecule has 5 rings (SSSR count). The van der Waals surface area contributed by atoms with E-state index in [1.807, 2.05) is 53.4 Å². The monoisotopic (exact) mass is 443 g/mol. The van der Waals surface area contributed by atoms with Gasteiger partial charge in [0.05, 0.1) is 18.8 Å². The van der Waals surface area contributed by atoms with Crippen LogP contribution < -0.4 is 4.74 Å². The highest BCUT2D eigenvalue weighted by Gasteiger charge is 2.42. The predicted octanol–water partition coefficient (Wildman–Crippen LogP) is 5.79. The molecule has 1 aromatic heterocycles. The van der Waals surface area contributed by atoms with E-state index >= 15 is 0 Å². The molecule has 0 aliphatic carbocycles. The summed E-state index contributed by atoms with van der Waals surface area (Å²) in [5.74, 6) is 0.685. The predicted molar refractivity (Wildman–Crippen MR) is 125 cm³/mol. The first kappa shape index (κ1) is 20.3. The molecule has 0 radical (unpaired) electrons. The molecule has 5 nitrogen and oxygen atoms in total. The van der Waals surface area contributed by atoms with Crippen LogP contribution in [0.4, 0.5) is 0 Å². The Morgan fingerprint density at radius 2 is 1.75 bits per heavy atom. The summed E-state index contributed by atoms with van der Waals surface area (Å²) in [4.78, 5) is 15.4. The third-order valence-corrected chi connectivity index (χ3v) is 6.29. The largest absolute Gasteiger partial charge is 0.497 e. The smallest absolute Gasteiger partial charge is 0.273 e. The Hall–Kier alpha value is -3.57. The zero-order chi connectivity index (χ0) is 22.2. The number of methoxy groups -OCH3 is 1. The molecule has 3 aromatic carbocycles. The number of aromatic amines is 1. The van der Waals surface area contributed by atoms with Gasteiger partial charge in [0, 0.05) is 22.7 Å². The highest BCUT2D eigenvalue weighted by Crippen LogP contribution is 2.44. The number of ether oxygens (including phenoxy) is 1. The second kappa shape index (κ2) is 8.17. The number of benzene rings is 3. The molecule has 2 heterocycles. The van der Waals surface area contributed by atoms with Crippen molar-refractivity contribution in [2.75, 3.05) is 7.11 Å². The highest BCUT2D eigenvalue weighted by molar-refractivity contribution is 6.31. The van der Waals surface area contributed by atoms with Crippen molar-refractivity contribution in [1.29, 1.82) is 0 Å². The fourth-order valence-corrected chi connectivity index (χ4v) is 4.43. The first-order valence-corrected chi connectivity index (χ1v) is 10.8. The number of amides is 1. The molecule has 4 aromatic rings. The molecule has 1 aliphatic rings. The summed E-state index contributed by atoms with van der Waals surface area (Å²) in [6.45, 7) is 2.46. The van der Waals surface area contributed by atoms with Gasteiger partial charge >= 0.3 is 0 Å². The van der Waals surface area contributed by atoms with E-state index in [9.17, 15) is 4.79 Å². The molecule has 160 valence electrons. The van der Waals surface area contributed by atoms with E-state index in [2.05, 4.69) is 41.4 Å². The Morgan fingerprint density at radius 3 is 2.44 bits per heavy atom. The Balaban J connectivity index is 1.63. The van der Waals surface area contributed by atoms with Crippen molar-refractivity contribution in [3.05, 3.63) is 106 Å². The minimum Gasteiger partial charge on any atom is -0.497 e. The van der Waals surface area contributed by atoms with E-state index in [1.165, 1.54) is 5.56 Å². The molecule has 1 aliphatic heterocycles. The van der Waals surface area contributed by atoms with E-state index in [1.54, 1.807) is 7.11 Å². The number of H-pyrrole nitrogens is 1. The van der Waals surface area contributed by atoms with E-state index < -0.39 is 0 Å². The van der Waals surface area contributed by atoms with Crippen molar-refractivity contribution in [3.8, 4) is 17.0 Å². The lowest BCUT2D eigenvalue weighted by Crippen LogP contribution is -2.29. The van der Waals surface area contributed by atoms with Gasteiger partial charge < -0.3 is 9.64 Å². The lowest BCUT2D eigenvalue weighted by Gasteiger charge is -2.27. The quantitative estimate of drug-likeness (QED) is 0.424. The van der Waals surface area contributed by atoms with Gasteiger partial charge in [-0.1, -0.05) is 59.6 Å². The van der Waals surface area contributed by atoms with E-state index in [0.29, 0.717) is 17.3 Å². The number of hydrogen-bond donors (Lipinski definition) is 1. The molecule has 0 fully saturated rings. The maximum Gasteiger partial charge on any atom is 0.273 e. The zero-order valence-corrected chi connectivity index (χ0v) is 18.6. The number of aromatic nitrogens is 2. The Morgan fingerprint density at radius 1 is 1.03 bits per heavy atom. The fraction of sp³-hybridized carbons (Fsp3) is 0.154. The second-order valence-electron chi connectivity index (χ2n) is 7.93. The normalized spacial score (nSPS) is 15.2. The Labute approximate surface area is 191 Å². The number of aryl methyl sites for hydroxylation is 1. The SMILES string of the molecule is COc1ccc(-c2n[nH]c3c2C(c2ccc(C)cc2)N(Cc2ccccc2Cl)C3=O)cc1. The number of nitrogens with one attached hydrogen (secondary N) is 1. The Bertz CT molecular complexity index is 1280. The maximum absolute atomic E-state index is 13.5. The number of rotatable bonds is 5. The number of fused-ring (bicyclic) bond motifs is 1. The van der Waals surface area contributed by atoms with E-state index in [-0.39, 0.29) is 11.9 Å². The number of carbonyl (C=O) groups excluding carboxylic acids is 1. The third-order valence-electron chi connectivity index (χ3n) is 5.92. The van der Waals surface area contributed by atoms with Crippen LogP contribution in [0, 0.1) is 6.92 Å². The molecule has 1 N–H and O–H groups in total. The van der Waals surface area contributed by atoms with Crippen molar-refractivity contribution >= 4 is 17.5 Å². The van der Waals surface area contributed by atoms with Crippen LogP contribution in [-0.2, 0) is 6.54 Å². The summed E-state index contributed by atoms with van der Waals surface area (Å²) < 4.78 is 5.29. The van der Waals surface area contributed by atoms with Gasteiger partial charge in [0.1, 0.15) is 11.4 Å². The van der Waals surface area contributed by atoms with Crippen molar-refractivity contribution in [1.82, 2.24) is 15.1 Å². The first-order valence-electron chi connectivity index (χ1n) is 10.4. The van der Waals surface area contributed by atoms with Gasteiger partial charge in [-0.15, -0.1) is 0 Å². The zero-order valence-electron chi connectivity index (χ0n) is 17.8. The van der Waals surface area contributed by atoms with Gasteiger partial charge in [-0.05, 0) is 48.4 Å². The van der Waals surface area contributed by atoms with Crippen molar-refractivity contribution in [3.63, 3.8) is 0 Å². The van der Waals surface area contributed by atoms with Gasteiger partial charge in [0.15, 0.2) is 0 Å². The summed E-state index contributed by atoms with van der Waals surface area (Å²) in [6, 6.07) is 23.4. The number of nitrogens with zero attached hydrogens (tertiary/aromatic N) is 2. The molecule has 1 unspecified atom stereocenters. The summed E-state index contributed by atoms with van der Waals surface area (Å²) in [7, 11) is 1.64. The minimum absolute atomic E-state index is 0.0854. The topological polar surface area (TPSA) is 58.2 Å². The molecule has 1 atom stereocenters. The summed E-state index contributed by atoms with van der Waals surface area (Å²) in [5.41, 5.74) is 6.20. The summed E-state index contributed by atoms with van der Waals surface area (Å²) in [6.07, 6.45) is 0. The first-order chi connectivity index (χ1) is 15.6. The molecular weight excluding hydrogens is 422 g/mol. The molecule has 32 heavy (non-hydrogen) atoms. The number of hydrogen-bond acceptors (Lipinski definition) is 3. The Kier molecular flexibility index (Phi) is 5.19. The molecular formula is C26H22ClN3O2. The van der Waals surface area contributed by atoms with Crippen LogP contribution in [0.1, 0.15) is 38.8 Å². The van der Waals surface area contributed by atoms with Crippen LogP contribution in [0.3, 0.4) is 0 Å². The van der Waals surface area contributed by atoms with Crippen LogP contribution in [0.2, 0.25) is 5.02 Å². The van der Waals surface area contributed by atoms with E-state index in [4.69, 9.17) is 16.3 Å². The molecule has 0 spiro atoms. The average Bonchev–Trinajstić information content (AvgIpc) is 3.35. The van der Waals surface area contributed by atoms with Gasteiger partial charge in [-0.3, -0.25) is 9.89 Å². The lowest BCUT2D eigenvalue weighted by molar-refractivity contribution is 0.0730. The van der Waals surface area contributed by atoms with Crippen molar-refractivity contribution in [2.24, 2.45) is 0 Å². The van der Waals surface area contributed by atoms with E-state index in [0.717, 1.165) is 33.7 Å². The molecule has 6 heteroatoms. The van der Waals surface area contributed by atoms with Crippen molar-refractivity contribution in [2.45, 2.75) is 19.5 Å². The van der Waals surface area contributed by atoms with Crippen LogP contribution in [0.25, 0.3) is 11.3 Å². The molecule has 1 amide bonds.